The van der Waals surface area contributed by atoms with Crippen molar-refractivity contribution in [2.75, 3.05) is 19.0 Å². The number of amides is 1. The Kier molecular flexibility index (Phi) is 6.46. The largest absolute Gasteiger partial charge is 0.369 e. The van der Waals surface area contributed by atoms with Crippen LogP contribution in [0.15, 0.2) is 24.3 Å². The Morgan fingerprint density at radius 2 is 1.96 bits per heavy atom. The average Bonchev–Trinajstić information content (AvgIpc) is 2.52. The van der Waals surface area contributed by atoms with Crippen molar-refractivity contribution >= 4 is 28.3 Å². The Morgan fingerprint density at radius 3 is 2.50 bits per heavy atom. The molecule has 1 aromatic carbocycles. The van der Waals surface area contributed by atoms with Crippen molar-refractivity contribution in [2.24, 2.45) is 0 Å². The van der Waals surface area contributed by atoms with Gasteiger partial charge in [-0.25, -0.2) is 0 Å². The molecular formula is C18H26ClNO3S. The molecule has 1 aromatic rings. The third kappa shape index (κ3) is 4.58. The molecule has 1 saturated heterocycles. The van der Waals surface area contributed by atoms with E-state index < -0.39 is 10.8 Å². The molecule has 0 radical (unpaired) electrons. The standard InChI is InChI=1S/C18H26ClNO3S/c1-5-15(12-24(22)18(2,3)4)20-16(10-23-11-17(20)21)13-6-8-14(19)9-7-13/h6-9,15-16H,5,10-12H2,1-4H3. The lowest BCUT2D eigenvalue weighted by molar-refractivity contribution is -0.151. The van der Waals surface area contributed by atoms with E-state index in [2.05, 4.69) is 0 Å². The first-order chi connectivity index (χ1) is 11.2. The zero-order valence-electron chi connectivity index (χ0n) is 14.8. The predicted molar refractivity (Wildman–Crippen MR) is 98.7 cm³/mol. The molecule has 1 aliphatic heterocycles. The van der Waals surface area contributed by atoms with Crippen molar-refractivity contribution in [3.63, 3.8) is 0 Å². The van der Waals surface area contributed by atoms with E-state index in [4.69, 9.17) is 16.3 Å². The summed E-state index contributed by atoms with van der Waals surface area (Å²) in [4.78, 5) is 14.4. The van der Waals surface area contributed by atoms with E-state index in [0.29, 0.717) is 17.4 Å². The summed E-state index contributed by atoms with van der Waals surface area (Å²) in [7, 11) is -1.01. The molecule has 0 saturated carbocycles. The van der Waals surface area contributed by atoms with E-state index in [1.165, 1.54) is 0 Å². The number of ether oxygens (including phenoxy) is 1. The van der Waals surface area contributed by atoms with E-state index in [-0.39, 0.29) is 29.3 Å². The molecule has 3 atom stereocenters. The van der Waals surface area contributed by atoms with Gasteiger partial charge < -0.3 is 9.64 Å². The maximum atomic E-state index is 12.6. The lowest BCUT2D eigenvalue weighted by Gasteiger charge is -2.41. The summed E-state index contributed by atoms with van der Waals surface area (Å²) in [6.45, 7) is 8.47. The smallest absolute Gasteiger partial charge is 0.249 e. The molecule has 0 aliphatic carbocycles. The molecule has 1 heterocycles. The number of benzene rings is 1. The van der Waals surface area contributed by atoms with Gasteiger partial charge in [-0.05, 0) is 44.9 Å². The highest BCUT2D eigenvalue weighted by Gasteiger charge is 2.36. The highest BCUT2D eigenvalue weighted by molar-refractivity contribution is 7.86. The second-order valence-electron chi connectivity index (χ2n) is 7.07. The molecule has 4 nitrogen and oxygen atoms in total. The van der Waals surface area contributed by atoms with Gasteiger partial charge in [0.05, 0.1) is 12.6 Å². The number of carbonyl (C=O) groups is 1. The van der Waals surface area contributed by atoms with Crippen LogP contribution in [0.25, 0.3) is 0 Å². The van der Waals surface area contributed by atoms with Crippen molar-refractivity contribution in [1.29, 1.82) is 0 Å². The number of carbonyl (C=O) groups excluding carboxylic acids is 1. The van der Waals surface area contributed by atoms with Gasteiger partial charge >= 0.3 is 0 Å². The topological polar surface area (TPSA) is 46.6 Å². The fourth-order valence-corrected chi connectivity index (χ4v) is 4.18. The Balaban J connectivity index is 2.28. The van der Waals surface area contributed by atoms with Gasteiger partial charge in [0, 0.05) is 32.4 Å². The average molecular weight is 372 g/mol. The van der Waals surface area contributed by atoms with Crippen molar-refractivity contribution in [2.45, 2.75) is 50.9 Å². The number of morpholine rings is 1. The SMILES string of the molecule is CCC(CS(=O)C(C)(C)C)N1C(=O)COCC1c1ccc(Cl)cc1. The van der Waals surface area contributed by atoms with Crippen LogP contribution in [0, 0.1) is 0 Å². The molecule has 1 amide bonds. The summed E-state index contributed by atoms with van der Waals surface area (Å²) in [6, 6.07) is 7.27. The lowest BCUT2D eigenvalue weighted by Crippen LogP contribution is -2.52. The van der Waals surface area contributed by atoms with Gasteiger partial charge in [-0.15, -0.1) is 0 Å². The van der Waals surface area contributed by atoms with E-state index in [9.17, 15) is 9.00 Å². The second-order valence-corrected chi connectivity index (χ2v) is 9.76. The first-order valence-electron chi connectivity index (χ1n) is 8.27. The minimum absolute atomic E-state index is 0.0426. The molecule has 134 valence electrons. The molecule has 3 unspecified atom stereocenters. The number of nitrogens with zero attached hydrogens (tertiary/aromatic N) is 1. The third-order valence-corrected chi connectivity index (χ3v) is 6.58. The maximum absolute atomic E-state index is 12.6. The van der Waals surface area contributed by atoms with Gasteiger partial charge in [0.2, 0.25) is 5.91 Å². The predicted octanol–water partition coefficient (Wildman–Crippen LogP) is 3.57. The van der Waals surface area contributed by atoms with Crippen LogP contribution in [-0.4, -0.2) is 44.8 Å². The number of rotatable bonds is 5. The summed E-state index contributed by atoms with van der Waals surface area (Å²) >= 11 is 5.97. The van der Waals surface area contributed by atoms with Crippen LogP contribution in [0.5, 0.6) is 0 Å². The summed E-state index contributed by atoms with van der Waals surface area (Å²) in [5.74, 6) is 0.439. The van der Waals surface area contributed by atoms with Crippen LogP contribution in [0.4, 0.5) is 0 Å². The number of halogens is 1. The zero-order chi connectivity index (χ0) is 17.9. The first kappa shape index (κ1) is 19.4. The molecule has 24 heavy (non-hydrogen) atoms. The molecule has 1 aliphatic rings. The Bertz CT molecular complexity index is 597. The first-order valence-corrected chi connectivity index (χ1v) is 9.96. The van der Waals surface area contributed by atoms with Crippen molar-refractivity contribution < 1.29 is 13.7 Å². The zero-order valence-corrected chi connectivity index (χ0v) is 16.3. The molecule has 0 spiro atoms. The summed E-state index contributed by atoms with van der Waals surface area (Å²) in [6.07, 6.45) is 0.762. The van der Waals surface area contributed by atoms with Crippen LogP contribution < -0.4 is 0 Å². The molecule has 0 N–H and O–H groups in total. The van der Waals surface area contributed by atoms with Crippen LogP contribution in [0.3, 0.4) is 0 Å². The molecule has 6 heteroatoms. The maximum Gasteiger partial charge on any atom is 0.249 e. The van der Waals surface area contributed by atoms with E-state index in [0.717, 1.165) is 12.0 Å². The molecule has 0 bridgehead atoms. The second kappa shape index (κ2) is 7.98. The van der Waals surface area contributed by atoms with Gasteiger partial charge in [-0.2, -0.15) is 0 Å². The van der Waals surface area contributed by atoms with Crippen molar-refractivity contribution in [3.05, 3.63) is 34.9 Å². The van der Waals surface area contributed by atoms with Crippen LogP contribution in [-0.2, 0) is 20.3 Å². The van der Waals surface area contributed by atoms with E-state index >= 15 is 0 Å². The minimum atomic E-state index is -1.01. The normalized spacial score (nSPS) is 21.6. The molecule has 1 fully saturated rings. The van der Waals surface area contributed by atoms with E-state index in [1.807, 2.05) is 56.9 Å². The van der Waals surface area contributed by atoms with Crippen molar-refractivity contribution in [3.8, 4) is 0 Å². The Hall–Kier alpha value is -0.910. The van der Waals surface area contributed by atoms with Gasteiger partial charge in [0.1, 0.15) is 6.61 Å². The summed E-state index contributed by atoms with van der Waals surface area (Å²) < 4.78 is 17.8. The minimum Gasteiger partial charge on any atom is -0.369 e. The molecule has 2 rings (SSSR count). The highest BCUT2D eigenvalue weighted by Crippen LogP contribution is 2.30. The Labute approximate surface area is 152 Å². The van der Waals surface area contributed by atoms with Gasteiger partial charge in [-0.3, -0.25) is 9.00 Å². The van der Waals surface area contributed by atoms with Crippen molar-refractivity contribution in [1.82, 2.24) is 4.90 Å². The molecule has 0 aromatic heterocycles. The number of hydrogen-bond acceptors (Lipinski definition) is 3. The monoisotopic (exact) mass is 371 g/mol. The Morgan fingerprint density at radius 1 is 1.33 bits per heavy atom. The highest BCUT2D eigenvalue weighted by atomic mass is 35.5. The van der Waals surface area contributed by atoms with Gasteiger partial charge in [-0.1, -0.05) is 30.7 Å². The van der Waals surface area contributed by atoms with Crippen LogP contribution in [0.2, 0.25) is 5.02 Å². The lowest BCUT2D eigenvalue weighted by atomic mass is 10.0. The number of hydrogen-bond donors (Lipinski definition) is 0. The quantitative estimate of drug-likeness (QED) is 0.794. The fraction of sp³-hybridized carbons (Fsp3) is 0.611. The third-order valence-electron chi connectivity index (χ3n) is 4.27. The summed E-state index contributed by atoms with van der Waals surface area (Å²) in [5.41, 5.74) is 0.993. The van der Waals surface area contributed by atoms with Crippen LogP contribution >= 0.6 is 11.6 Å². The van der Waals surface area contributed by atoms with Crippen LogP contribution in [0.1, 0.15) is 45.7 Å². The van der Waals surface area contributed by atoms with Gasteiger partial charge in [0.25, 0.3) is 0 Å². The van der Waals surface area contributed by atoms with E-state index in [1.54, 1.807) is 0 Å². The molecular weight excluding hydrogens is 346 g/mol. The summed E-state index contributed by atoms with van der Waals surface area (Å²) in [5, 5.41) is 0.661. The van der Waals surface area contributed by atoms with Gasteiger partial charge in [0.15, 0.2) is 0 Å². The fourth-order valence-electron chi connectivity index (χ4n) is 2.81.